The fraction of sp³-hybridized carbons (Fsp3) is 0.371. The van der Waals surface area contributed by atoms with Crippen molar-refractivity contribution in [2.45, 2.75) is 32.6 Å². The van der Waals surface area contributed by atoms with E-state index in [-0.39, 0.29) is 29.8 Å². The quantitative estimate of drug-likeness (QED) is 0.182. The first kappa shape index (κ1) is 36.0. The van der Waals surface area contributed by atoms with Gasteiger partial charge in [0.15, 0.2) is 0 Å². The summed E-state index contributed by atoms with van der Waals surface area (Å²) >= 11 is 0. The molecule has 3 aromatic carbocycles. The third-order valence-electron chi connectivity index (χ3n) is 8.42. The maximum atomic E-state index is 13.6. The first-order valence-electron chi connectivity index (χ1n) is 15.8. The second-order valence-corrected chi connectivity index (χ2v) is 11.9. The van der Waals surface area contributed by atoms with Crippen molar-refractivity contribution in [3.8, 4) is 11.5 Å². The number of aromatic nitrogens is 2. The number of nitrogens with zero attached hydrogens (tertiary/aromatic N) is 3. The Hall–Kier alpha value is -4.81. The number of halogens is 1. The van der Waals surface area contributed by atoms with Crippen LogP contribution in [-0.2, 0) is 4.79 Å². The summed E-state index contributed by atoms with van der Waals surface area (Å²) in [5.41, 5.74) is 3.15. The van der Waals surface area contributed by atoms with Crippen LogP contribution in [0.15, 0.2) is 59.4 Å². The normalized spacial score (nSPS) is 13.1. The van der Waals surface area contributed by atoms with Gasteiger partial charge in [0.1, 0.15) is 11.5 Å². The number of aryl methyl sites for hydroxylation is 1. The van der Waals surface area contributed by atoms with Crippen LogP contribution in [0.25, 0.3) is 11.0 Å². The number of rotatable bonds is 12. The number of piperazine rings is 1. The number of para-hydroxylation sites is 1. The number of ether oxygens (including phenoxy) is 2. The Bertz CT molecular complexity index is 1810. The second kappa shape index (κ2) is 16.3. The van der Waals surface area contributed by atoms with E-state index in [0.29, 0.717) is 52.5 Å². The van der Waals surface area contributed by atoms with Crippen molar-refractivity contribution in [2.75, 3.05) is 64.2 Å². The Balaban J connectivity index is 0.00000520. The molecule has 0 saturated carbocycles. The van der Waals surface area contributed by atoms with Crippen molar-refractivity contribution in [2.24, 2.45) is 0 Å². The number of aromatic amines is 2. The highest BCUT2D eigenvalue weighted by Gasteiger charge is 2.21. The summed E-state index contributed by atoms with van der Waals surface area (Å²) < 4.78 is 11.7. The predicted molar refractivity (Wildman–Crippen MR) is 189 cm³/mol. The van der Waals surface area contributed by atoms with Crippen molar-refractivity contribution in [3.05, 3.63) is 81.8 Å². The number of benzene rings is 3. The third-order valence-corrected chi connectivity index (χ3v) is 8.42. The van der Waals surface area contributed by atoms with Gasteiger partial charge in [-0.1, -0.05) is 12.1 Å². The standard InChI is InChI=1S/C35H42N6O6.ClH/c1-23-12-15-28(30(21-23)47-20-7-5-6-11-31(42)41-18-16-39(2)17-19-41)40(3)34(44)24-13-14-26(29(22-24)46-4)36-33(43)25-9-8-10-27-32(25)38-35(45)37-27;/h8-10,12-15,21-22H,5-7,11,16-20H2,1-4H3,(H,36,43)(H2,37,38,45);1H. The minimum absolute atomic E-state index is 0. The topological polar surface area (TPSA) is 140 Å². The van der Waals surface area contributed by atoms with E-state index < -0.39 is 11.6 Å². The van der Waals surface area contributed by atoms with Crippen molar-refractivity contribution >= 4 is 52.5 Å². The van der Waals surface area contributed by atoms with Gasteiger partial charge in [-0.2, -0.15) is 0 Å². The lowest BCUT2D eigenvalue weighted by Crippen LogP contribution is -2.47. The van der Waals surface area contributed by atoms with Crippen LogP contribution in [0.2, 0.25) is 0 Å². The Morgan fingerprint density at radius 2 is 1.71 bits per heavy atom. The molecule has 13 heteroatoms. The van der Waals surface area contributed by atoms with Gasteiger partial charge >= 0.3 is 5.69 Å². The summed E-state index contributed by atoms with van der Waals surface area (Å²) in [5.74, 6) is 0.399. The minimum Gasteiger partial charge on any atom is -0.495 e. The lowest BCUT2D eigenvalue weighted by molar-refractivity contribution is -0.132. The zero-order valence-electron chi connectivity index (χ0n) is 27.8. The van der Waals surface area contributed by atoms with Crippen LogP contribution in [0.3, 0.4) is 0 Å². The van der Waals surface area contributed by atoms with E-state index in [4.69, 9.17) is 9.47 Å². The van der Waals surface area contributed by atoms with E-state index >= 15 is 0 Å². The molecule has 0 aliphatic carbocycles. The zero-order chi connectivity index (χ0) is 33.5. The van der Waals surface area contributed by atoms with Gasteiger partial charge < -0.3 is 39.5 Å². The molecule has 2 heterocycles. The lowest BCUT2D eigenvalue weighted by atomic mass is 10.1. The average molecular weight is 679 g/mol. The molecule has 1 aromatic heterocycles. The summed E-state index contributed by atoms with van der Waals surface area (Å²) in [6.45, 7) is 5.86. The molecule has 3 amide bonds. The number of carbonyl (C=O) groups is 3. The van der Waals surface area contributed by atoms with Crippen molar-refractivity contribution in [3.63, 3.8) is 0 Å². The maximum Gasteiger partial charge on any atom is 0.323 e. The smallest absolute Gasteiger partial charge is 0.323 e. The number of methoxy groups -OCH3 is 1. The first-order chi connectivity index (χ1) is 22.6. The zero-order valence-corrected chi connectivity index (χ0v) is 28.6. The van der Waals surface area contributed by atoms with Crippen LogP contribution in [0.4, 0.5) is 11.4 Å². The minimum atomic E-state index is -0.441. The molecule has 12 nitrogen and oxygen atoms in total. The van der Waals surface area contributed by atoms with E-state index in [9.17, 15) is 19.2 Å². The molecule has 0 spiro atoms. The van der Waals surface area contributed by atoms with Crippen LogP contribution >= 0.6 is 12.4 Å². The van der Waals surface area contributed by atoms with E-state index in [0.717, 1.165) is 51.0 Å². The number of imidazole rings is 1. The number of amides is 3. The SMILES string of the molecule is COc1cc(C(=O)N(C)c2ccc(C)cc2OCCCCCC(=O)N2CCN(C)CC2)ccc1NC(=O)c1cccc2[nH]c(=O)[nH]c12.Cl. The summed E-state index contributed by atoms with van der Waals surface area (Å²) in [6, 6.07) is 15.5. The van der Waals surface area contributed by atoms with Crippen LogP contribution in [0.1, 0.15) is 52.0 Å². The van der Waals surface area contributed by atoms with Gasteiger partial charge in [-0.15, -0.1) is 12.4 Å². The summed E-state index contributed by atoms with van der Waals surface area (Å²) in [6.07, 6.45) is 3.02. The molecule has 1 fully saturated rings. The summed E-state index contributed by atoms with van der Waals surface area (Å²) in [4.78, 5) is 62.0. The maximum absolute atomic E-state index is 13.6. The molecule has 0 atom stereocenters. The Morgan fingerprint density at radius 1 is 0.938 bits per heavy atom. The number of hydrogen-bond acceptors (Lipinski definition) is 7. The van der Waals surface area contributed by atoms with Crippen molar-refractivity contribution in [1.29, 1.82) is 0 Å². The van der Waals surface area contributed by atoms with Gasteiger partial charge in [0.05, 0.1) is 41.7 Å². The molecular formula is C35H43ClN6O6. The predicted octanol–water partition coefficient (Wildman–Crippen LogP) is 4.84. The molecule has 4 aromatic rings. The van der Waals surface area contributed by atoms with E-state index in [1.807, 2.05) is 30.0 Å². The number of likely N-dealkylation sites (N-methyl/N-ethyl adjacent to an activating group) is 1. The number of nitrogens with one attached hydrogen (secondary N) is 3. The van der Waals surface area contributed by atoms with Gasteiger partial charge in [0.2, 0.25) is 5.91 Å². The summed E-state index contributed by atoms with van der Waals surface area (Å²) in [7, 11) is 5.22. The van der Waals surface area contributed by atoms with Gasteiger partial charge in [0.25, 0.3) is 11.8 Å². The van der Waals surface area contributed by atoms with Crippen LogP contribution in [-0.4, -0.2) is 91.5 Å². The molecule has 1 aliphatic heterocycles. The second-order valence-electron chi connectivity index (χ2n) is 11.9. The average Bonchev–Trinajstić information content (AvgIpc) is 3.46. The molecule has 1 aliphatic rings. The molecule has 0 bridgehead atoms. The Morgan fingerprint density at radius 3 is 2.46 bits per heavy atom. The third kappa shape index (κ3) is 8.55. The molecular weight excluding hydrogens is 636 g/mol. The number of unbranched alkanes of at least 4 members (excludes halogenated alkanes) is 2. The monoisotopic (exact) mass is 678 g/mol. The molecule has 1 saturated heterocycles. The lowest BCUT2D eigenvalue weighted by Gasteiger charge is -2.32. The molecule has 0 unspecified atom stereocenters. The fourth-order valence-corrected chi connectivity index (χ4v) is 5.63. The molecule has 48 heavy (non-hydrogen) atoms. The number of fused-ring (bicyclic) bond motifs is 1. The number of H-pyrrole nitrogens is 2. The number of anilines is 2. The number of carbonyl (C=O) groups excluding carboxylic acids is 3. The fourth-order valence-electron chi connectivity index (χ4n) is 5.63. The van der Waals surface area contributed by atoms with Gasteiger partial charge in [-0.25, -0.2) is 4.79 Å². The highest BCUT2D eigenvalue weighted by Crippen LogP contribution is 2.32. The van der Waals surface area contributed by atoms with E-state index in [1.54, 1.807) is 43.4 Å². The highest BCUT2D eigenvalue weighted by molar-refractivity contribution is 6.12. The van der Waals surface area contributed by atoms with Crippen LogP contribution < -0.4 is 25.4 Å². The van der Waals surface area contributed by atoms with E-state index in [2.05, 4.69) is 27.2 Å². The van der Waals surface area contributed by atoms with Gasteiger partial charge in [-0.05, 0) is 81.3 Å². The molecule has 0 radical (unpaired) electrons. The highest BCUT2D eigenvalue weighted by atomic mass is 35.5. The van der Waals surface area contributed by atoms with Crippen LogP contribution in [0, 0.1) is 6.92 Å². The Labute approximate surface area is 285 Å². The number of hydrogen-bond donors (Lipinski definition) is 3. The van der Waals surface area contributed by atoms with Crippen molar-refractivity contribution < 1.29 is 23.9 Å². The van der Waals surface area contributed by atoms with Crippen LogP contribution in [0.5, 0.6) is 11.5 Å². The summed E-state index contributed by atoms with van der Waals surface area (Å²) in [5, 5.41) is 2.82. The van der Waals surface area contributed by atoms with E-state index in [1.165, 1.54) is 12.0 Å². The van der Waals surface area contributed by atoms with Gasteiger partial charge in [-0.3, -0.25) is 14.4 Å². The van der Waals surface area contributed by atoms with Gasteiger partial charge in [0, 0.05) is 45.2 Å². The largest absolute Gasteiger partial charge is 0.495 e. The molecule has 3 N–H and O–H groups in total. The van der Waals surface area contributed by atoms with Crippen molar-refractivity contribution in [1.82, 2.24) is 19.8 Å². The first-order valence-corrected chi connectivity index (χ1v) is 15.8. The Kier molecular flexibility index (Phi) is 12.3. The molecule has 5 rings (SSSR count). The molecule has 256 valence electrons.